The molecule has 6 heteroatoms. The third-order valence-corrected chi connectivity index (χ3v) is 12.1. The van der Waals surface area contributed by atoms with E-state index in [1.807, 2.05) is 13.8 Å². The van der Waals surface area contributed by atoms with E-state index in [-0.39, 0.29) is 59.0 Å². The Morgan fingerprint density at radius 1 is 1.09 bits per heavy atom. The Morgan fingerprint density at radius 2 is 1.82 bits per heavy atom. The molecule has 6 aliphatic rings. The molecule has 34 heavy (non-hydrogen) atoms. The van der Waals surface area contributed by atoms with Crippen molar-refractivity contribution in [3.63, 3.8) is 0 Å². The fourth-order valence-electron chi connectivity index (χ4n) is 9.54. The number of ketones is 1. The number of hydrogen-bond donors (Lipinski definition) is 2. The largest absolute Gasteiger partial charge is 0.462 e. The van der Waals surface area contributed by atoms with Crippen LogP contribution in [-0.4, -0.2) is 51.5 Å². The van der Waals surface area contributed by atoms with Crippen molar-refractivity contribution in [2.45, 2.75) is 103 Å². The number of rotatable bonds is 2. The molecule has 4 aliphatic carbocycles. The van der Waals surface area contributed by atoms with Crippen molar-refractivity contribution in [1.29, 1.82) is 0 Å². The third-order valence-electron chi connectivity index (χ3n) is 12.1. The molecular weight excluding hydrogens is 432 g/mol. The van der Waals surface area contributed by atoms with E-state index in [9.17, 15) is 19.8 Å². The summed E-state index contributed by atoms with van der Waals surface area (Å²) >= 11 is 0. The van der Waals surface area contributed by atoms with Gasteiger partial charge >= 0.3 is 5.97 Å². The van der Waals surface area contributed by atoms with Crippen molar-refractivity contribution in [3.8, 4) is 0 Å². The van der Waals surface area contributed by atoms with Crippen LogP contribution in [0.15, 0.2) is 12.2 Å². The molecule has 1 unspecified atom stereocenters. The van der Waals surface area contributed by atoms with Gasteiger partial charge in [-0.25, -0.2) is 0 Å². The van der Waals surface area contributed by atoms with E-state index in [4.69, 9.17) is 9.47 Å². The molecule has 6 nitrogen and oxygen atoms in total. The van der Waals surface area contributed by atoms with Crippen molar-refractivity contribution in [2.24, 2.45) is 46.3 Å². The molecule has 13 atom stereocenters. The first-order chi connectivity index (χ1) is 15.9. The number of ether oxygens (including phenoxy) is 2. The van der Waals surface area contributed by atoms with Gasteiger partial charge in [-0.05, 0) is 80.6 Å². The molecule has 0 aromatic rings. The maximum absolute atomic E-state index is 13.3. The second-order valence-corrected chi connectivity index (χ2v) is 13.1. The predicted octanol–water partition coefficient (Wildman–Crippen LogP) is 3.43. The number of carbonyl (C=O) groups excluding carboxylic acids is 2. The molecule has 188 valence electrons. The zero-order valence-electron chi connectivity index (χ0n) is 21.1. The molecule has 6 rings (SSSR count). The van der Waals surface area contributed by atoms with Crippen LogP contribution in [0.3, 0.4) is 0 Å². The van der Waals surface area contributed by atoms with Gasteiger partial charge in [0.25, 0.3) is 0 Å². The van der Waals surface area contributed by atoms with Gasteiger partial charge in [0, 0.05) is 5.92 Å². The fraction of sp³-hybridized carbons (Fsp3) is 0.857. The summed E-state index contributed by atoms with van der Waals surface area (Å²) in [5.41, 5.74) is -3.43. The molecule has 0 spiro atoms. The lowest BCUT2D eigenvalue weighted by Crippen LogP contribution is -2.71. The van der Waals surface area contributed by atoms with Crippen LogP contribution in [0.25, 0.3) is 0 Å². The summed E-state index contributed by atoms with van der Waals surface area (Å²) in [7, 11) is 0. The Balaban J connectivity index is 1.33. The van der Waals surface area contributed by atoms with Gasteiger partial charge in [0.1, 0.15) is 17.8 Å². The van der Waals surface area contributed by atoms with E-state index < -0.39 is 22.7 Å². The minimum Gasteiger partial charge on any atom is -0.462 e. The molecule has 2 aliphatic heterocycles. The maximum Gasteiger partial charge on any atom is 0.309 e. The number of allylic oxidation sites excluding steroid dienone is 1. The molecule has 0 bridgehead atoms. The lowest BCUT2D eigenvalue weighted by atomic mass is 9.42. The first-order valence-electron chi connectivity index (χ1n) is 13.4. The first-order valence-corrected chi connectivity index (χ1v) is 13.4. The second kappa shape index (κ2) is 6.95. The Bertz CT molecular complexity index is 961. The van der Waals surface area contributed by atoms with E-state index in [0.29, 0.717) is 18.8 Å². The van der Waals surface area contributed by atoms with Crippen molar-refractivity contribution in [1.82, 2.24) is 0 Å². The number of carbonyl (C=O) groups is 2. The molecule has 2 heterocycles. The summed E-state index contributed by atoms with van der Waals surface area (Å²) in [5, 5.41) is 24.2. The van der Waals surface area contributed by atoms with Crippen LogP contribution in [-0.2, 0) is 19.1 Å². The third kappa shape index (κ3) is 2.53. The average Bonchev–Trinajstić information content (AvgIpc) is 3.53. The molecule has 2 saturated heterocycles. The standard InChI is InChI=1S/C28H40O6/c1-14-13-19(33-24(30)15(14)2)16(3)17-9-12-27(31)21-18(8-11-25(17,27)4)26(5)20(29)7-6-10-28(26,32)23-22(21)34-23/h6-7,14-19,21-23,31-32H,8-13H2,1-5H3/t14-,15?,16-,17+,18-,19+,21-,22-,23-,25+,26-,27+,28-/m0/s1. The fourth-order valence-corrected chi connectivity index (χ4v) is 9.54. The highest BCUT2D eigenvalue weighted by Gasteiger charge is 2.80. The molecule has 2 N–H and O–H groups in total. The number of hydrogen-bond acceptors (Lipinski definition) is 6. The number of aliphatic hydroxyl groups is 2. The van der Waals surface area contributed by atoms with Crippen molar-refractivity contribution in [3.05, 3.63) is 12.2 Å². The number of epoxide rings is 1. The van der Waals surface area contributed by atoms with Crippen LogP contribution >= 0.6 is 0 Å². The molecule has 5 fully saturated rings. The Kier molecular flexibility index (Phi) is 4.74. The number of esters is 1. The van der Waals surface area contributed by atoms with E-state index in [0.717, 1.165) is 25.7 Å². The summed E-state index contributed by atoms with van der Waals surface area (Å²) < 4.78 is 12.1. The van der Waals surface area contributed by atoms with Crippen LogP contribution < -0.4 is 0 Å². The van der Waals surface area contributed by atoms with Crippen LogP contribution in [0.4, 0.5) is 0 Å². The Labute approximate surface area is 202 Å². The van der Waals surface area contributed by atoms with Crippen molar-refractivity contribution in [2.75, 3.05) is 0 Å². The second-order valence-electron chi connectivity index (χ2n) is 13.1. The molecule has 0 aromatic heterocycles. The molecular formula is C28H40O6. The Morgan fingerprint density at radius 3 is 2.53 bits per heavy atom. The van der Waals surface area contributed by atoms with Crippen LogP contribution in [0.5, 0.6) is 0 Å². The zero-order valence-corrected chi connectivity index (χ0v) is 21.1. The quantitative estimate of drug-likeness (QED) is 0.472. The van der Waals surface area contributed by atoms with E-state index in [1.54, 1.807) is 12.2 Å². The van der Waals surface area contributed by atoms with Gasteiger partial charge in [-0.2, -0.15) is 0 Å². The summed E-state index contributed by atoms with van der Waals surface area (Å²) in [5.74, 6) is 0.196. The van der Waals surface area contributed by atoms with Gasteiger partial charge in [0.2, 0.25) is 0 Å². The van der Waals surface area contributed by atoms with Crippen LogP contribution in [0.2, 0.25) is 0 Å². The first kappa shape index (κ1) is 23.2. The highest BCUT2D eigenvalue weighted by molar-refractivity contribution is 5.97. The van der Waals surface area contributed by atoms with Crippen LogP contribution in [0.1, 0.15) is 73.1 Å². The monoisotopic (exact) mass is 472 g/mol. The molecule has 0 amide bonds. The molecule has 0 aromatic carbocycles. The van der Waals surface area contributed by atoms with E-state index in [1.165, 1.54) is 0 Å². The highest BCUT2D eigenvalue weighted by atomic mass is 16.6. The summed E-state index contributed by atoms with van der Waals surface area (Å²) in [6.45, 7) is 10.4. The summed E-state index contributed by atoms with van der Waals surface area (Å²) in [6, 6.07) is 0. The molecule has 3 saturated carbocycles. The van der Waals surface area contributed by atoms with Gasteiger partial charge in [-0.15, -0.1) is 0 Å². The summed E-state index contributed by atoms with van der Waals surface area (Å²) in [4.78, 5) is 25.8. The van der Waals surface area contributed by atoms with Gasteiger partial charge in [-0.1, -0.05) is 33.8 Å². The Hall–Kier alpha value is -1.24. The van der Waals surface area contributed by atoms with Gasteiger partial charge in [-0.3, -0.25) is 9.59 Å². The average molecular weight is 473 g/mol. The maximum atomic E-state index is 13.3. The van der Waals surface area contributed by atoms with Gasteiger partial charge in [0.05, 0.1) is 23.0 Å². The van der Waals surface area contributed by atoms with E-state index >= 15 is 0 Å². The highest BCUT2D eigenvalue weighted by Crippen LogP contribution is 2.73. The van der Waals surface area contributed by atoms with Gasteiger partial charge in [0.15, 0.2) is 5.78 Å². The number of cyclic esters (lactones) is 1. The minimum absolute atomic E-state index is 0.0301. The number of fused-ring (bicyclic) bond motifs is 8. The predicted molar refractivity (Wildman–Crippen MR) is 124 cm³/mol. The molecule has 0 radical (unpaired) electrons. The van der Waals surface area contributed by atoms with E-state index in [2.05, 4.69) is 20.8 Å². The topological polar surface area (TPSA) is 96.4 Å². The smallest absolute Gasteiger partial charge is 0.309 e. The zero-order chi connectivity index (χ0) is 24.4. The van der Waals surface area contributed by atoms with Gasteiger partial charge < -0.3 is 19.7 Å². The van der Waals surface area contributed by atoms with Crippen LogP contribution in [0, 0.1) is 46.3 Å². The van der Waals surface area contributed by atoms with Crippen molar-refractivity contribution >= 4 is 11.8 Å². The lowest BCUT2D eigenvalue weighted by Gasteiger charge is -2.62. The van der Waals surface area contributed by atoms with Crippen molar-refractivity contribution < 1.29 is 29.3 Å². The summed E-state index contributed by atoms with van der Waals surface area (Å²) in [6.07, 6.45) is 7.12. The lowest BCUT2D eigenvalue weighted by molar-refractivity contribution is -0.225. The minimum atomic E-state index is -1.19. The SMILES string of the molecule is CC1C(=O)O[C@@H]([C@@H](C)[C@H]2CC[C@@]3(O)[C@@H]4[C@@H]5O[C@@H]5[C@@]5(O)CC=CC(=O)[C@]5(C)[C@H]4CC[C@]23C)C[C@@H]1C. The normalized spacial score (nSPS) is 58.8.